The molecule has 1 aromatic heterocycles. The van der Waals surface area contributed by atoms with Crippen molar-refractivity contribution in [3.63, 3.8) is 0 Å². The Balaban J connectivity index is 1.55. The summed E-state index contributed by atoms with van der Waals surface area (Å²) in [5, 5.41) is 6.13. The Kier molecular flexibility index (Phi) is 4.98. The molecule has 1 aliphatic rings. The van der Waals surface area contributed by atoms with Crippen LogP contribution in [0.5, 0.6) is 0 Å². The summed E-state index contributed by atoms with van der Waals surface area (Å²) in [7, 11) is 0. The molecule has 1 aliphatic carbocycles. The summed E-state index contributed by atoms with van der Waals surface area (Å²) in [5.41, 5.74) is 5.15. The number of nitrogens with zero attached hydrogens (tertiary/aromatic N) is 1. The number of aryl methyl sites for hydroxylation is 2. The fourth-order valence-corrected chi connectivity index (χ4v) is 4.28. The fourth-order valence-electron chi connectivity index (χ4n) is 3.19. The van der Waals surface area contributed by atoms with E-state index in [1.165, 1.54) is 35.3 Å². The second-order valence-corrected chi connectivity index (χ2v) is 8.01. The number of rotatable bonds is 3. The van der Waals surface area contributed by atoms with Crippen molar-refractivity contribution in [1.82, 2.24) is 4.98 Å². The molecule has 3 aromatic rings. The SMILES string of the molecule is O=C(Nc1nc(-c2ccc3c(c2)CCCC3)cs1)c1cc(Cl)ccc1Cl. The van der Waals surface area contributed by atoms with Crippen LogP contribution in [0.25, 0.3) is 11.3 Å². The number of nitrogens with one attached hydrogen (secondary N) is 1. The van der Waals surface area contributed by atoms with E-state index in [1.807, 2.05) is 5.38 Å². The van der Waals surface area contributed by atoms with Crippen molar-refractivity contribution in [3.05, 3.63) is 68.5 Å². The Hall–Kier alpha value is -1.88. The van der Waals surface area contributed by atoms with Crippen LogP contribution in [0.4, 0.5) is 5.13 Å². The van der Waals surface area contributed by atoms with Gasteiger partial charge >= 0.3 is 0 Å². The number of amides is 1. The van der Waals surface area contributed by atoms with Gasteiger partial charge in [0.25, 0.3) is 5.91 Å². The maximum atomic E-state index is 12.4. The van der Waals surface area contributed by atoms with E-state index in [4.69, 9.17) is 23.2 Å². The Bertz CT molecular complexity index is 984. The molecule has 0 spiro atoms. The zero-order valence-electron chi connectivity index (χ0n) is 13.9. The van der Waals surface area contributed by atoms with Crippen LogP contribution in [0.2, 0.25) is 10.0 Å². The first kappa shape index (κ1) is 17.5. The first-order valence-corrected chi connectivity index (χ1v) is 10.1. The van der Waals surface area contributed by atoms with E-state index >= 15 is 0 Å². The van der Waals surface area contributed by atoms with Gasteiger partial charge in [0.2, 0.25) is 0 Å². The van der Waals surface area contributed by atoms with Crippen LogP contribution >= 0.6 is 34.5 Å². The van der Waals surface area contributed by atoms with Gasteiger partial charge < -0.3 is 0 Å². The Morgan fingerprint density at radius 2 is 1.85 bits per heavy atom. The van der Waals surface area contributed by atoms with Crippen molar-refractivity contribution in [3.8, 4) is 11.3 Å². The number of anilines is 1. The Morgan fingerprint density at radius 1 is 1.04 bits per heavy atom. The molecule has 2 aromatic carbocycles. The smallest absolute Gasteiger partial charge is 0.259 e. The number of thiazole rings is 1. The van der Waals surface area contributed by atoms with Crippen LogP contribution in [0.3, 0.4) is 0 Å². The first-order chi connectivity index (χ1) is 12.6. The number of carbonyl (C=O) groups is 1. The van der Waals surface area contributed by atoms with Gasteiger partial charge in [0.15, 0.2) is 5.13 Å². The second-order valence-electron chi connectivity index (χ2n) is 6.31. The molecule has 0 saturated heterocycles. The number of fused-ring (bicyclic) bond motifs is 1. The monoisotopic (exact) mass is 402 g/mol. The molecule has 1 heterocycles. The molecule has 0 saturated carbocycles. The molecular weight excluding hydrogens is 387 g/mol. The molecule has 132 valence electrons. The largest absolute Gasteiger partial charge is 0.298 e. The lowest BCUT2D eigenvalue weighted by Gasteiger charge is -2.16. The van der Waals surface area contributed by atoms with E-state index in [0.717, 1.165) is 24.1 Å². The summed E-state index contributed by atoms with van der Waals surface area (Å²) in [4.78, 5) is 17.0. The highest BCUT2D eigenvalue weighted by atomic mass is 35.5. The maximum absolute atomic E-state index is 12.4. The third-order valence-corrected chi connectivity index (χ3v) is 5.86. The van der Waals surface area contributed by atoms with Crippen LogP contribution in [0, 0.1) is 0 Å². The third-order valence-electron chi connectivity index (χ3n) is 4.54. The van der Waals surface area contributed by atoms with Crippen molar-refractivity contribution in [2.75, 3.05) is 5.32 Å². The number of halogens is 2. The predicted octanol–water partition coefficient (Wildman–Crippen LogP) is 6.25. The van der Waals surface area contributed by atoms with Gasteiger partial charge in [-0.15, -0.1) is 11.3 Å². The normalized spacial score (nSPS) is 13.3. The van der Waals surface area contributed by atoms with Crippen molar-refractivity contribution >= 4 is 45.6 Å². The van der Waals surface area contributed by atoms with E-state index < -0.39 is 0 Å². The van der Waals surface area contributed by atoms with Gasteiger partial charge in [0.05, 0.1) is 16.3 Å². The minimum absolute atomic E-state index is 0.316. The van der Waals surface area contributed by atoms with Crippen LogP contribution in [-0.2, 0) is 12.8 Å². The lowest BCUT2D eigenvalue weighted by atomic mass is 9.90. The van der Waals surface area contributed by atoms with Crippen molar-refractivity contribution in [1.29, 1.82) is 0 Å². The topological polar surface area (TPSA) is 42.0 Å². The average Bonchev–Trinajstić information content (AvgIpc) is 3.11. The molecule has 6 heteroatoms. The van der Waals surface area contributed by atoms with Gasteiger partial charge in [-0.3, -0.25) is 10.1 Å². The lowest BCUT2D eigenvalue weighted by molar-refractivity contribution is 0.102. The summed E-state index contributed by atoms with van der Waals surface area (Å²) < 4.78 is 0. The van der Waals surface area contributed by atoms with Gasteiger partial charge in [-0.2, -0.15) is 0 Å². The number of carbonyl (C=O) groups excluding carboxylic acids is 1. The molecule has 0 atom stereocenters. The molecule has 0 radical (unpaired) electrons. The number of benzene rings is 2. The van der Waals surface area contributed by atoms with E-state index in [9.17, 15) is 4.79 Å². The summed E-state index contributed by atoms with van der Waals surface area (Å²) in [6, 6.07) is 11.4. The third kappa shape index (κ3) is 3.63. The highest BCUT2D eigenvalue weighted by Crippen LogP contribution is 2.30. The highest BCUT2D eigenvalue weighted by Gasteiger charge is 2.15. The van der Waals surface area contributed by atoms with Crippen molar-refractivity contribution < 1.29 is 4.79 Å². The lowest BCUT2D eigenvalue weighted by Crippen LogP contribution is -2.12. The van der Waals surface area contributed by atoms with Gasteiger partial charge in [-0.1, -0.05) is 35.3 Å². The minimum Gasteiger partial charge on any atom is -0.298 e. The van der Waals surface area contributed by atoms with Crippen LogP contribution in [-0.4, -0.2) is 10.9 Å². The predicted molar refractivity (Wildman–Crippen MR) is 109 cm³/mol. The zero-order valence-corrected chi connectivity index (χ0v) is 16.2. The van der Waals surface area contributed by atoms with Crippen LogP contribution in [0.15, 0.2) is 41.8 Å². The summed E-state index contributed by atoms with van der Waals surface area (Å²) >= 11 is 13.4. The quantitative estimate of drug-likeness (QED) is 0.562. The molecular formula is C20H16Cl2N2OS. The Labute approximate surface area is 166 Å². The molecule has 4 rings (SSSR count). The highest BCUT2D eigenvalue weighted by molar-refractivity contribution is 7.14. The molecule has 0 unspecified atom stereocenters. The van der Waals surface area contributed by atoms with E-state index in [0.29, 0.717) is 20.7 Å². The van der Waals surface area contributed by atoms with Crippen molar-refractivity contribution in [2.45, 2.75) is 25.7 Å². The van der Waals surface area contributed by atoms with Crippen molar-refractivity contribution in [2.24, 2.45) is 0 Å². The van der Waals surface area contributed by atoms with E-state index in [-0.39, 0.29) is 5.91 Å². The standard InChI is InChI=1S/C20H16Cl2N2OS/c21-15-7-8-17(22)16(10-15)19(25)24-20-23-18(11-26-20)14-6-5-12-3-1-2-4-13(12)9-14/h5-11H,1-4H2,(H,23,24,25). The molecule has 26 heavy (non-hydrogen) atoms. The summed E-state index contributed by atoms with van der Waals surface area (Å²) in [6.45, 7) is 0. The number of aromatic nitrogens is 1. The first-order valence-electron chi connectivity index (χ1n) is 8.44. The molecule has 0 aliphatic heterocycles. The molecule has 0 bridgehead atoms. The summed E-state index contributed by atoms with van der Waals surface area (Å²) in [6.07, 6.45) is 4.80. The number of hydrogen-bond donors (Lipinski definition) is 1. The van der Waals surface area contributed by atoms with Crippen LogP contribution in [0.1, 0.15) is 34.3 Å². The second kappa shape index (κ2) is 7.39. The van der Waals surface area contributed by atoms with Gasteiger partial charge in [0.1, 0.15) is 0 Å². The minimum atomic E-state index is -0.316. The zero-order chi connectivity index (χ0) is 18.1. The summed E-state index contributed by atoms with van der Waals surface area (Å²) in [5.74, 6) is -0.316. The van der Waals surface area contributed by atoms with E-state index in [1.54, 1.807) is 18.2 Å². The maximum Gasteiger partial charge on any atom is 0.259 e. The van der Waals surface area contributed by atoms with E-state index in [2.05, 4.69) is 28.5 Å². The molecule has 1 N–H and O–H groups in total. The Morgan fingerprint density at radius 3 is 2.69 bits per heavy atom. The average molecular weight is 403 g/mol. The van der Waals surface area contributed by atoms with Gasteiger partial charge in [0, 0.05) is 16.0 Å². The number of hydrogen-bond acceptors (Lipinski definition) is 3. The molecule has 3 nitrogen and oxygen atoms in total. The van der Waals surface area contributed by atoms with Gasteiger partial charge in [-0.25, -0.2) is 4.98 Å². The van der Waals surface area contributed by atoms with Crippen LogP contribution < -0.4 is 5.32 Å². The van der Waals surface area contributed by atoms with Gasteiger partial charge in [-0.05, 0) is 61.1 Å². The fraction of sp³-hybridized carbons (Fsp3) is 0.200. The molecule has 0 fully saturated rings. The molecule has 1 amide bonds.